The van der Waals surface area contributed by atoms with E-state index in [2.05, 4.69) is 58.9 Å². The molecule has 0 spiro atoms. The average molecular weight is 361 g/mol. The summed E-state index contributed by atoms with van der Waals surface area (Å²) in [6.07, 6.45) is 1.01. The van der Waals surface area contributed by atoms with Crippen molar-refractivity contribution in [2.75, 3.05) is 13.7 Å². The van der Waals surface area contributed by atoms with Gasteiger partial charge < -0.3 is 15.4 Å². The van der Waals surface area contributed by atoms with E-state index in [9.17, 15) is 0 Å². The Balaban J connectivity index is 1.83. The third kappa shape index (κ3) is 6.38. The van der Waals surface area contributed by atoms with Crippen LogP contribution in [0.5, 0.6) is 5.75 Å². The highest BCUT2D eigenvalue weighted by molar-refractivity contribution is 7.09. The van der Waals surface area contributed by atoms with Crippen molar-refractivity contribution in [3.63, 3.8) is 0 Å². The number of rotatable bonds is 8. The molecule has 136 valence electrons. The minimum absolute atomic E-state index is 0.463. The highest BCUT2D eigenvalue weighted by Crippen LogP contribution is 2.17. The van der Waals surface area contributed by atoms with Crippen LogP contribution in [0.4, 0.5) is 0 Å². The molecule has 6 heteroatoms. The number of aliphatic imine (C=N–C) groups is 1. The second-order valence-electron chi connectivity index (χ2n) is 6.10. The van der Waals surface area contributed by atoms with Crippen molar-refractivity contribution in [3.8, 4) is 5.75 Å². The molecule has 0 atom stereocenters. The maximum Gasteiger partial charge on any atom is 0.191 e. The summed E-state index contributed by atoms with van der Waals surface area (Å²) in [6, 6.07) is 8.14. The molecule has 0 aliphatic rings. The number of hydrogen-bond donors (Lipinski definition) is 2. The monoisotopic (exact) mass is 360 g/mol. The third-order valence-electron chi connectivity index (χ3n) is 3.62. The predicted octanol–water partition coefficient (Wildman–Crippen LogP) is 3.92. The molecule has 1 heterocycles. The molecule has 25 heavy (non-hydrogen) atoms. The van der Waals surface area contributed by atoms with E-state index in [1.807, 2.05) is 12.1 Å². The Labute approximate surface area is 154 Å². The molecule has 0 unspecified atom stereocenters. The number of guanidine groups is 1. The molecule has 2 rings (SSSR count). The molecule has 0 aliphatic heterocycles. The standard InChI is InChI=1S/C19H28N4OS/c1-5-9-24-16-8-6-7-15(10-16)11-21-19(20-4)22-12-18-23-17(13-25-18)14(2)3/h6-8,10,13-14H,5,9,11-12H2,1-4H3,(H2,20,21,22). The molecule has 0 saturated heterocycles. The van der Waals surface area contributed by atoms with Gasteiger partial charge in [0.05, 0.1) is 18.8 Å². The molecule has 2 aromatic rings. The van der Waals surface area contributed by atoms with Crippen LogP contribution in [0.25, 0.3) is 0 Å². The highest BCUT2D eigenvalue weighted by atomic mass is 32.1. The fraction of sp³-hybridized carbons (Fsp3) is 0.474. The fourth-order valence-electron chi connectivity index (χ4n) is 2.20. The molecule has 5 nitrogen and oxygen atoms in total. The van der Waals surface area contributed by atoms with Gasteiger partial charge in [-0.3, -0.25) is 4.99 Å². The van der Waals surface area contributed by atoms with Gasteiger partial charge in [-0.2, -0.15) is 0 Å². The first kappa shape index (κ1) is 19.2. The van der Waals surface area contributed by atoms with Gasteiger partial charge in [-0.1, -0.05) is 32.9 Å². The van der Waals surface area contributed by atoms with Gasteiger partial charge in [0.2, 0.25) is 0 Å². The van der Waals surface area contributed by atoms with Gasteiger partial charge in [-0.05, 0) is 30.0 Å². The van der Waals surface area contributed by atoms with E-state index < -0.39 is 0 Å². The van der Waals surface area contributed by atoms with Crippen molar-refractivity contribution < 1.29 is 4.74 Å². The zero-order chi connectivity index (χ0) is 18.1. The summed E-state index contributed by atoms with van der Waals surface area (Å²) in [7, 11) is 1.78. The number of aromatic nitrogens is 1. The Kier molecular flexibility index (Phi) is 7.73. The van der Waals surface area contributed by atoms with Gasteiger partial charge in [0.15, 0.2) is 5.96 Å². The Hall–Kier alpha value is -2.08. The van der Waals surface area contributed by atoms with Gasteiger partial charge in [-0.15, -0.1) is 11.3 Å². The van der Waals surface area contributed by atoms with Gasteiger partial charge in [0.1, 0.15) is 10.8 Å². The minimum Gasteiger partial charge on any atom is -0.494 e. The lowest BCUT2D eigenvalue weighted by Gasteiger charge is -2.12. The molecule has 0 saturated carbocycles. The Bertz CT molecular complexity index is 682. The minimum atomic E-state index is 0.463. The normalized spacial score (nSPS) is 11.6. The largest absolute Gasteiger partial charge is 0.494 e. The van der Waals surface area contributed by atoms with Crippen LogP contribution in [-0.4, -0.2) is 24.6 Å². The maximum atomic E-state index is 5.68. The molecule has 2 N–H and O–H groups in total. The number of nitrogens with one attached hydrogen (secondary N) is 2. The summed E-state index contributed by atoms with van der Waals surface area (Å²) in [5, 5.41) is 9.84. The summed E-state index contributed by atoms with van der Waals surface area (Å²) in [4.78, 5) is 8.90. The van der Waals surface area contributed by atoms with Crippen LogP contribution in [0.3, 0.4) is 0 Å². The van der Waals surface area contributed by atoms with E-state index in [1.165, 1.54) is 0 Å². The van der Waals surface area contributed by atoms with Gasteiger partial charge in [0.25, 0.3) is 0 Å². The summed E-state index contributed by atoms with van der Waals surface area (Å²) in [5.41, 5.74) is 2.31. The molecular weight excluding hydrogens is 332 g/mol. The molecular formula is C19H28N4OS. The number of ether oxygens (including phenoxy) is 1. The van der Waals surface area contributed by atoms with Crippen LogP contribution < -0.4 is 15.4 Å². The topological polar surface area (TPSA) is 58.5 Å². The zero-order valence-corrected chi connectivity index (χ0v) is 16.3. The van der Waals surface area contributed by atoms with Crippen molar-refractivity contribution in [2.45, 2.75) is 46.2 Å². The molecule has 1 aromatic heterocycles. The van der Waals surface area contributed by atoms with Crippen molar-refractivity contribution in [3.05, 3.63) is 45.9 Å². The van der Waals surface area contributed by atoms with Crippen LogP contribution in [0.1, 0.15) is 49.4 Å². The van der Waals surface area contributed by atoms with Crippen LogP contribution >= 0.6 is 11.3 Å². The predicted molar refractivity (Wildman–Crippen MR) is 105 cm³/mol. The maximum absolute atomic E-state index is 5.68. The average Bonchev–Trinajstić information content (AvgIpc) is 3.10. The van der Waals surface area contributed by atoms with E-state index in [4.69, 9.17) is 4.74 Å². The first-order valence-corrected chi connectivity index (χ1v) is 9.61. The Morgan fingerprint density at radius 3 is 2.76 bits per heavy atom. The fourth-order valence-corrected chi connectivity index (χ4v) is 3.10. The van der Waals surface area contributed by atoms with Crippen molar-refractivity contribution >= 4 is 17.3 Å². The summed E-state index contributed by atoms with van der Waals surface area (Å²) in [5.74, 6) is 2.14. The van der Waals surface area contributed by atoms with Crippen LogP contribution in [0, 0.1) is 0 Å². The van der Waals surface area contributed by atoms with Crippen molar-refractivity contribution in [1.29, 1.82) is 0 Å². The summed E-state index contributed by atoms with van der Waals surface area (Å²) in [6.45, 7) is 8.53. The van der Waals surface area contributed by atoms with Crippen molar-refractivity contribution in [1.82, 2.24) is 15.6 Å². The number of hydrogen-bond acceptors (Lipinski definition) is 4. The molecule has 0 fully saturated rings. The van der Waals surface area contributed by atoms with E-state index in [-0.39, 0.29) is 0 Å². The quantitative estimate of drug-likeness (QED) is 0.553. The number of nitrogens with zero attached hydrogens (tertiary/aromatic N) is 2. The molecule has 0 bridgehead atoms. The second kappa shape index (κ2) is 10.0. The first-order chi connectivity index (χ1) is 12.1. The molecule has 0 amide bonds. The lowest BCUT2D eigenvalue weighted by atomic mass is 10.2. The van der Waals surface area contributed by atoms with Gasteiger partial charge in [0, 0.05) is 19.0 Å². The second-order valence-corrected chi connectivity index (χ2v) is 7.04. The third-order valence-corrected chi connectivity index (χ3v) is 4.49. The summed E-state index contributed by atoms with van der Waals surface area (Å²) < 4.78 is 5.68. The van der Waals surface area contributed by atoms with Crippen LogP contribution in [0.15, 0.2) is 34.6 Å². The lowest BCUT2D eigenvalue weighted by molar-refractivity contribution is 0.317. The molecule has 0 aliphatic carbocycles. The van der Waals surface area contributed by atoms with E-state index in [0.29, 0.717) is 19.0 Å². The summed E-state index contributed by atoms with van der Waals surface area (Å²) >= 11 is 1.68. The number of benzene rings is 1. The van der Waals surface area contributed by atoms with Crippen molar-refractivity contribution in [2.24, 2.45) is 4.99 Å². The SMILES string of the molecule is CCCOc1cccc(CNC(=NC)NCc2nc(C(C)C)cs2)c1. The van der Waals surface area contributed by atoms with E-state index >= 15 is 0 Å². The van der Waals surface area contributed by atoms with Crippen LogP contribution in [0.2, 0.25) is 0 Å². The first-order valence-electron chi connectivity index (χ1n) is 8.73. The van der Waals surface area contributed by atoms with E-state index in [0.717, 1.165) is 41.0 Å². The lowest BCUT2D eigenvalue weighted by Crippen LogP contribution is -2.36. The van der Waals surface area contributed by atoms with Crippen LogP contribution in [-0.2, 0) is 13.1 Å². The van der Waals surface area contributed by atoms with E-state index in [1.54, 1.807) is 18.4 Å². The Morgan fingerprint density at radius 2 is 2.08 bits per heavy atom. The Morgan fingerprint density at radius 1 is 1.28 bits per heavy atom. The van der Waals surface area contributed by atoms with Gasteiger partial charge in [-0.25, -0.2) is 4.98 Å². The van der Waals surface area contributed by atoms with Gasteiger partial charge >= 0.3 is 0 Å². The number of thiazole rings is 1. The highest BCUT2D eigenvalue weighted by Gasteiger charge is 2.06. The smallest absolute Gasteiger partial charge is 0.191 e. The zero-order valence-electron chi connectivity index (χ0n) is 15.5. The molecule has 0 radical (unpaired) electrons. The molecule has 1 aromatic carbocycles.